The van der Waals surface area contributed by atoms with Gasteiger partial charge in [-0.25, -0.2) is 4.79 Å². The lowest BCUT2D eigenvalue weighted by atomic mass is 9.94. The van der Waals surface area contributed by atoms with Gasteiger partial charge in [-0.3, -0.25) is 9.59 Å². The van der Waals surface area contributed by atoms with E-state index in [9.17, 15) is 14.4 Å². The number of rotatable bonds is 11. The molecule has 1 aliphatic carbocycles. The number of benzene rings is 1. The maximum Gasteiger partial charge on any atom is 0.408 e. The molecule has 1 aliphatic rings. The summed E-state index contributed by atoms with van der Waals surface area (Å²) in [7, 11) is 0. The first-order valence-electron chi connectivity index (χ1n) is 13.4. The molecule has 0 saturated heterocycles. The molecule has 0 spiro atoms. The van der Waals surface area contributed by atoms with E-state index in [-0.39, 0.29) is 29.8 Å². The van der Waals surface area contributed by atoms with E-state index >= 15 is 0 Å². The van der Waals surface area contributed by atoms with Crippen molar-refractivity contribution in [2.24, 2.45) is 5.92 Å². The maximum atomic E-state index is 14.2. The zero-order valence-electron chi connectivity index (χ0n) is 23.7. The number of carbonyl (C=O) groups is 3. The number of ether oxygens (including phenoxy) is 1. The summed E-state index contributed by atoms with van der Waals surface area (Å²) < 4.78 is 5.46. The van der Waals surface area contributed by atoms with Crippen LogP contribution in [0.15, 0.2) is 18.2 Å². The van der Waals surface area contributed by atoms with Crippen LogP contribution in [0, 0.1) is 19.8 Å². The van der Waals surface area contributed by atoms with E-state index in [2.05, 4.69) is 17.6 Å². The number of amides is 3. The highest BCUT2D eigenvalue weighted by molar-refractivity contribution is 5.93. The summed E-state index contributed by atoms with van der Waals surface area (Å²) in [6.07, 6.45) is 3.32. The fourth-order valence-corrected chi connectivity index (χ4v) is 4.51. The Morgan fingerprint density at radius 2 is 1.72 bits per heavy atom. The van der Waals surface area contributed by atoms with E-state index in [4.69, 9.17) is 4.74 Å². The molecule has 3 atom stereocenters. The second-order valence-electron chi connectivity index (χ2n) is 11.7. The predicted octanol–water partition coefficient (Wildman–Crippen LogP) is 5.58. The SMILES string of the molecule is CCCC(C)NC(=O)C(c1cccc(C)c1C)N(C(=O)C(CC(C)C)NC(=O)OC(C)(C)C)C1CC1. The van der Waals surface area contributed by atoms with E-state index < -0.39 is 23.8 Å². The molecule has 3 amide bonds. The standard InChI is InChI=1S/C29H47N3O4/c1-10-12-20(5)30-26(33)25(23-14-11-13-19(4)21(23)6)32(22-15-16-22)27(34)24(17-18(2)3)31-28(35)36-29(7,8)9/h11,13-14,18,20,22,24-25H,10,12,15-17H2,1-9H3,(H,30,33)(H,31,35). The number of nitrogens with one attached hydrogen (secondary N) is 2. The van der Waals surface area contributed by atoms with Crippen LogP contribution in [0.1, 0.15) is 103 Å². The summed E-state index contributed by atoms with van der Waals surface area (Å²) in [5.74, 6) is -0.251. The van der Waals surface area contributed by atoms with Crippen molar-refractivity contribution in [3.63, 3.8) is 0 Å². The molecule has 1 aromatic rings. The summed E-state index contributed by atoms with van der Waals surface area (Å²) in [6.45, 7) is 17.5. The van der Waals surface area contributed by atoms with Crippen molar-refractivity contribution in [3.05, 3.63) is 34.9 Å². The normalized spacial score (nSPS) is 16.2. The van der Waals surface area contributed by atoms with E-state index in [1.54, 1.807) is 25.7 Å². The molecule has 1 fully saturated rings. The van der Waals surface area contributed by atoms with Crippen molar-refractivity contribution in [2.45, 2.75) is 124 Å². The van der Waals surface area contributed by atoms with Crippen LogP contribution in [0.5, 0.6) is 0 Å². The van der Waals surface area contributed by atoms with Gasteiger partial charge in [-0.2, -0.15) is 0 Å². The molecule has 1 saturated carbocycles. The third kappa shape index (κ3) is 8.52. The monoisotopic (exact) mass is 501 g/mol. The van der Waals surface area contributed by atoms with Crippen LogP contribution < -0.4 is 10.6 Å². The third-order valence-electron chi connectivity index (χ3n) is 6.47. The molecule has 7 heteroatoms. The average molecular weight is 502 g/mol. The molecule has 1 aromatic carbocycles. The third-order valence-corrected chi connectivity index (χ3v) is 6.47. The molecule has 0 radical (unpaired) electrons. The minimum absolute atomic E-state index is 0.00220. The van der Waals surface area contributed by atoms with Gasteiger partial charge in [0, 0.05) is 12.1 Å². The summed E-state index contributed by atoms with van der Waals surface area (Å²) in [5, 5.41) is 5.97. The van der Waals surface area contributed by atoms with Gasteiger partial charge in [-0.05, 0) is 89.8 Å². The Labute approximate surface area is 217 Å². The Balaban J connectivity index is 2.49. The van der Waals surface area contributed by atoms with Gasteiger partial charge >= 0.3 is 6.09 Å². The lowest BCUT2D eigenvalue weighted by molar-refractivity contribution is -0.143. The zero-order chi connectivity index (χ0) is 27.2. The second-order valence-corrected chi connectivity index (χ2v) is 11.7. The van der Waals surface area contributed by atoms with Crippen molar-refractivity contribution in [1.82, 2.24) is 15.5 Å². The lowest BCUT2D eigenvalue weighted by Gasteiger charge is -2.36. The fourth-order valence-electron chi connectivity index (χ4n) is 4.51. The van der Waals surface area contributed by atoms with Gasteiger partial charge in [0.15, 0.2) is 0 Å². The van der Waals surface area contributed by atoms with Crippen molar-refractivity contribution < 1.29 is 19.1 Å². The fraction of sp³-hybridized carbons (Fsp3) is 0.690. The number of nitrogens with zero attached hydrogens (tertiary/aromatic N) is 1. The van der Waals surface area contributed by atoms with Crippen LogP contribution in [0.3, 0.4) is 0 Å². The molecular weight excluding hydrogens is 454 g/mol. The summed E-state index contributed by atoms with van der Waals surface area (Å²) in [6, 6.07) is 4.31. The Kier molecular flexibility index (Phi) is 10.4. The molecule has 3 unspecified atom stereocenters. The molecule has 0 aliphatic heterocycles. The first kappa shape index (κ1) is 29.7. The van der Waals surface area contributed by atoms with E-state index in [0.717, 1.165) is 42.4 Å². The number of carbonyl (C=O) groups excluding carboxylic acids is 3. The van der Waals surface area contributed by atoms with Gasteiger partial charge in [-0.1, -0.05) is 45.4 Å². The van der Waals surface area contributed by atoms with Gasteiger partial charge in [0.2, 0.25) is 11.8 Å². The zero-order valence-corrected chi connectivity index (χ0v) is 23.7. The average Bonchev–Trinajstić information content (AvgIpc) is 3.56. The van der Waals surface area contributed by atoms with Crippen molar-refractivity contribution in [1.29, 1.82) is 0 Å². The van der Waals surface area contributed by atoms with E-state index in [1.807, 2.05) is 52.8 Å². The summed E-state index contributed by atoms with van der Waals surface area (Å²) >= 11 is 0. The highest BCUT2D eigenvalue weighted by atomic mass is 16.6. The quantitative estimate of drug-likeness (QED) is 0.414. The maximum absolute atomic E-state index is 14.2. The van der Waals surface area contributed by atoms with Crippen LogP contribution in [0.25, 0.3) is 0 Å². The molecular formula is C29H47N3O4. The van der Waals surface area contributed by atoms with Crippen LogP contribution >= 0.6 is 0 Å². The Bertz CT molecular complexity index is 918. The highest BCUT2D eigenvalue weighted by Crippen LogP contribution is 2.37. The summed E-state index contributed by atoms with van der Waals surface area (Å²) in [4.78, 5) is 42.4. The van der Waals surface area contributed by atoms with Gasteiger partial charge in [0.1, 0.15) is 17.7 Å². The highest BCUT2D eigenvalue weighted by Gasteiger charge is 2.44. The number of hydrogen-bond acceptors (Lipinski definition) is 4. The first-order chi connectivity index (χ1) is 16.7. The Hall–Kier alpha value is -2.57. The molecule has 0 aromatic heterocycles. The van der Waals surface area contributed by atoms with Crippen molar-refractivity contribution >= 4 is 17.9 Å². The smallest absolute Gasteiger partial charge is 0.408 e. The topological polar surface area (TPSA) is 87.7 Å². The minimum atomic E-state index is -0.783. The van der Waals surface area contributed by atoms with Gasteiger partial charge in [0.05, 0.1) is 0 Å². The predicted molar refractivity (Wildman–Crippen MR) is 144 cm³/mol. The van der Waals surface area contributed by atoms with Crippen molar-refractivity contribution in [2.75, 3.05) is 0 Å². The number of alkyl carbamates (subject to hydrolysis) is 1. The van der Waals surface area contributed by atoms with Crippen LogP contribution in [-0.4, -0.2) is 46.5 Å². The van der Waals surface area contributed by atoms with Crippen LogP contribution in [-0.2, 0) is 14.3 Å². The number of aryl methyl sites for hydroxylation is 1. The van der Waals surface area contributed by atoms with Crippen LogP contribution in [0.4, 0.5) is 4.79 Å². The molecule has 0 heterocycles. The Morgan fingerprint density at radius 1 is 1.08 bits per heavy atom. The largest absolute Gasteiger partial charge is 0.444 e. The molecule has 7 nitrogen and oxygen atoms in total. The minimum Gasteiger partial charge on any atom is -0.444 e. The van der Waals surface area contributed by atoms with E-state index in [1.165, 1.54) is 0 Å². The lowest BCUT2D eigenvalue weighted by Crippen LogP contribution is -2.54. The first-order valence-corrected chi connectivity index (χ1v) is 13.4. The second kappa shape index (κ2) is 12.6. The molecule has 2 rings (SSSR count). The van der Waals surface area contributed by atoms with Gasteiger partial charge in [0.25, 0.3) is 0 Å². The molecule has 202 valence electrons. The summed E-state index contributed by atoms with van der Waals surface area (Å²) in [5.41, 5.74) is 2.22. The van der Waals surface area contributed by atoms with Gasteiger partial charge in [-0.15, -0.1) is 0 Å². The van der Waals surface area contributed by atoms with E-state index in [0.29, 0.717) is 6.42 Å². The van der Waals surface area contributed by atoms with Gasteiger partial charge < -0.3 is 20.3 Å². The number of hydrogen-bond donors (Lipinski definition) is 2. The van der Waals surface area contributed by atoms with Crippen LogP contribution in [0.2, 0.25) is 0 Å². The van der Waals surface area contributed by atoms with Crippen molar-refractivity contribution in [3.8, 4) is 0 Å². The molecule has 0 bridgehead atoms. The molecule has 36 heavy (non-hydrogen) atoms. The Morgan fingerprint density at radius 3 is 2.25 bits per heavy atom. The molecule has 2 N–H and O–H groups in total.